The molecule has 0 heterocycles. The van der Waals surface area contributed by atoms with Crippen LogP contribution < -0.4 is 5.32 Å². The van der Waals surface area contributed by atoms with Crippen LogP contribution in [0.3, 0.4) is 0 Å². The Morgan fingerprint density at radius 2 is 1.42 bits per heavy atom. The molecule has 0 spiro atoms. The number of hydrogen-bond donors (Lipinski definition) is 1. The number of rotatable bonds is 9. The number of carbonyl (C=O) groups is 5. The van der Waals surface area contributed by atoms with Gasteiger partial charge in [0.2, 0.25) is 6.10 Å². The number of nitrogens with one attached hydrogen (secondary N) is 1. The summed E-state index contributed by atoms with van der Waals surface area (Å²) >= 11 is 0. The van der Waals surface area contributed by atoms with Crippen LogP contribution in [0, 0.1) is 13.8 Å². The molecule has 0 saturated carbocycles. The van der Waals surface area contributed by atoms with Gasteiger partial charge in [0.25, 0.3) is 5.91 Å². The zero-order valence-corrected chi connectivity index (χ0v) is 18.3. The van der Waals surface area contributed by atoms with Crippen molar-refractivity contribution in [1.82, 2.24) is 0 Å². The van der Waals surface area contributed by atoms with Crippen LogP contribution in [0.2, 0.25) is 0 Å². The van der Waals surface area contributed by atoms with Crippen molar-refractivity contribution < 1.29 is 42.9 Å². The summed E-state index contributed by atoms with van der Waals surface area (Å²) in [4.78, 5) is 59.2. The van der Waals surface area contributed by atoms with Crippen LogP contribution in [0.1, 0.15) is 38.8 Å². The van der Waals surface area contributed by atoms with E-state index in [1.807, 2.05) is 13.0 Å². The molecule has 1 amide bonds. The Labute approximate surface area is 180 Å². The van der Waals surface area contributed by atoms with Crippen molar-refractivity contribution in [3.63, 3.8) is 0 Å². The molecule has 1 rings (SSSR count). The molecule has 3 atom stereocenters. The number of ether oxygens (including phenoxy) is 4. The Balaban J connectivity index is 3.32. The molecular formula is C21H27NO9. The van der Waals surface area contributed by atoms with Gasteiger partial charge in [-0.3, -0.25) is 24.0 Å². The third kappa shape index (κ3) is 8.85. The van der Waals surface area contributed by atoms with Gasteiger partial charge in [0.05, 0.1) is 0 Å². The van der Waals surface area contributed by atoms with Crippen molar-refractivity contribution in [3.8, 4) is 0 Å². The first-order valence-corrected chi connectivity index (χ1v) is 9.43. The second-order valence-corrected chi connectivity index (χ2v) is 6.86. The van der Waals surface area contributed by atoms with Gasteiger partial charge >= 0.3 is 23.9 Å². The van der Waals surface area contributed by atoms with E-state index in [0.29, 0.717) is 5.69 Å². The predicted octanol–water partition coefficient (Wildman–Crippen LogP) is 1.60. The van der Waals surface area contributed by atoms with E-state index in [2.05, 4.69) is 5.32 Å². The van der Waals surface area contributed by atoms with Gasteiger partial charge in [0.1, 0.15) is 6.61 Å². The highest BCUT2D eigenvalue weighted by atomic mass is 16.6. The zero-order chi connectivity index (χ0) is 23.7. The van der Waals surface area contributed by atoms with E-state index in [1.54, 1.807) is 19.1 Å². The first kappa shape index (κ1) is 25.6. The number of amides is 1. The number of aryl methyl sites for hydroxylation is 2. The lowest BCUT2D eigenvalue weighted by atomic mass is 10.1. The number of hydrogen-bond acceptors (Lipinski definition) is 9. The molecule has 1 aromatic carbocycles. The second-order valence-electron chi connectivity index (χ2n) is 6.86. The highest BCUT2D eigenvalue weighted by Gasteiger charge is 2.42. The molecule has 10 heteroatoms. The van der Waals surface area contributed by atoms with E-state index >= 15 is 0 Å². The quantitative estimate of drug-likeness (QED) is 0.451. The Kier molecular flexibility index (Phi) is 9.65. The molecule has 1 N–H and O–H groups in total. The molecule has 0 fully saturated rings. The Morgan fingerprint density at radius 1 is 0.839 bits per heavy atom. The number of carbonyl (C=O) groups excluding carboxylic acids is 5. The summed E-state index contributed by atoms with van der Waals surface area (Å²) in [6.45, 7) is 7.47. The Bertz CT molecular complexity index is 849. The van der Waals surface area contributed by atoms with Gasteiger partial charge in [-0.05, 0) is 25.5 Å². The van der Waals surface area contributed by atoms with E-state index in [9.17, 15) is 24.0 Å². The molecule has 0 radical (unpaired) electrons. The second kappa shape index (κ2) is 11.7. The summed E-state index contributed by atoms with van der Waals surface area (Å²) in [6.07, 6.45) is -4.67. The van der Waals surface area contributed by atoms with Crippen molar-refractivity contribution in [2.24, 2.45) is 0 Å². The fourth-order valence-corrected chi connectivity index (χ4v) is 2.74. The molecule has 0 unspecified atom stereocenters. The summed E-state index contributed by atoms with van der Waals surface area (Å²) < 4.78 is 20.3. The topological polar surface area (TPSA) is 134 Å². The summed E-state index contributed by atoms with van der Waals surface area (Å²) in [6, 6.07) is 5.27. The highest BCUT2D eigenvalue weighted by Crippen LogP contribution is 2.20. The first-order valence-electron chi connectivity index (χ1n) is 9.43. The zero-order valence-electron chi connectivity index (χ0n) is 18.3. The SMILES string of the molecule is CC(=O)OC[C@@H](OC(C)=O)[C@@H](OC(C)=O)[C@H](OC(C)=O)C(=O)Nc1ccc(C)cc1C. The van der Waals surface area contributed by atoms with Crippen LogP contribution in [0.4, 0.5) is 5.69 Å². The van der Waals surface area contributed by atoms with Crippen LogP contribution in [0.5, 0.6) is 0 Å². The van der Waals surface area contributed by atoms with Crippen molar-refractivity contribution in [2.75, 3.05) is 11.9 Å². The maximum absolute atomic E-state index is 13.0. The molecular weight excluding hydrogens is 410 g/mol. The maximum atomic E-state index is 13.0. The molecule has 0 saturated heterocycles. The lowest BCUT2D eigenvalue weighted by Gasteiger charge is -2.31. The van der Waals surface area contributed by atoms with Crippen LogP contribution in [0.15, 0.2) is 18.2 Å². The minimum absolute atomic E-state index is 0.443. The van der Waals surface area contributed by atoms with Crippen LogP contribution in [0.25, 0.3) is 0 Å². The van der Waals surface area contributed by atoms with Crippen molar-refractivity contribution >= 4 is 35.5 Å². The van der Waals surface area contributed by atoms with Gasteiger partial charge < -0.3 is 24.3 Å². The third-order valence-electron chi connectivity index (χ3n) is 3.93. The van der Waals surface area contributed by atoms with E-state index in [0.717, 1.165) is 38.8 Å². The minimum atomic E-state index is -1.69. The highest BCUT2D eigenvalue weighted by molar-refractivity contribution is 5.96. The van der Waals surface area contributed by atoms with E-state index in [1.165, 1.54) is 0 Å². The van der Waals surface area contributed by atoms with Crippen molar-refractivity contribution in [2.45, 2.75) is 59.9 Å². The van der Waals surface area contributed by atoms with Gasteiger partial charge in [0, 0.05) is 33.4 Å². The van der Waals surface area contributed by atoms with Crippen LogP contribution in [-0.2, 0) is 42.9 Å². The summed E-state index contributed by atoms with van der Waals surface area (Å²) in [5, 5.41) is 2.61. The first-order chi connectivity index (χ1) is 14.4. The molecule has 0 aliphatic carbocycles. The molecule has 1 aromatic rings. The normalized spacial score (nSPS) is 13.2. The number of esters is 4. The number of benzene rings is 1. The smallest absolute Gasteiger partial charge is 0.303 e. The van der Waals surface area contributed by atoms with Crippen molar-refractivity contribution in [3.05, 3.63) is 29.3 Å². The lowest BCUT2D eigenvalue weighted by molar-refractivity contribution is -0.190. The molecule has 0 aromatic heterocycles. The largest absolute Gasteiger partial charge is 0.462 e. The van der Waals surface area contributed by atoms with Crippen molar-refractivity contribution in [1.29, 1.82) is 0 Å². The monoisotopic (exact) mass is 437 g/mol. The van der Waals surface area contributed by atoms with Gasteiger partial charge in [-0.25, -0.2) is 0 Å². The van der Waals surface area contributed by atoms with E-state index < -0.39 is 54.7 Å². The molecule has 0 aliphatic heterocycles. The molecule has 10 nitrogen and oxygen atoms in total. The van der Waals surface area contributed by atoms with Gasteiger partial charge in [-0.1, -0.05) is 17.7 Å². The Hall–Kier alpha value is -3.43. The van der Waals surface area contributed by atoms with Gasteiger partial charge in [-0.2, -0.15) is 0 Å². The predicted molar refractivity (Wildman–Crippen MR) is 108 cm³/mol. The molecule has 170 valence electrons. The minimum Gasteiger partial charge on any atom is -0.462 e. The molecule has 0 bridgehead atoms. The van der Waals surface area contributed by atoms with Crippen LogP contribution >= 0.6 is 0 Å². The molecule has 0 aliphatic rings. The fourth-order valence-electron chi connectivity index (χ4n) is 2.74. The van der Waals surface area contributed by atoms with Crippen LogP contribution in [-0.4, -0.2) is 54.7 Å². The standard InChI is InChI=1S/C21H27NO9/c1-11-7-8-17(12(2)9-11)22-21(27)20(31-16(6)26)19(30-15(5)25)18(29-14(4)24)10-28-13(3)23/h7-9,18-20H,10H2,1-6H3,(H,22,27)/t18-,19-,20+/m1/s1. The van der Waals surface area contributed by atoms with Gasteiger partial charge in [-0.15, -0.1) is 0 Å². The maximum Gasteiger partial charge on any atom is 0.303 e. The lowest BCUT2D eigenvalue weighted by Crippen LogP contribution is -2.52. The third-order valence-corrected chi connectivity index (χ3v) is 3.93. The average molecular weight is 437 g/mol. The van der Waals surface area contributed by atoms with Gasteiger partial charge in [0.15, 0.2) is 12.2 Å². The summed E-state index contributed by atoms with van der Waals surface area (Å²) in [5.41, 5.74) is 2.16. The van der Waals surface area contributed by atoms with E-state index in [-0.39, 0.29) is 0 Å². The summed E-state index contributed by atoms with van der Waals surface area (Å²) in [7, 11) is 0. The fraction of sp³-hybridized carbons (Fsp3) is 0.476. The Morgan fingerprint density at radius 3 is 1.90 bits per heavy atom. The number of anilines is 1. The summed E-state index contributed by atoms with van der Waals surface area (Å²) in [5.74, 6) is -3.98. The molecule has 31 heavy (non-hydrogen) atoms. The van der Waals surface area contributed by atoms with E-state index in [4.69, 9.17) is 18.9 Å². The average Bonchev–Trinajstić information content (AvgIpc) is 2.63.